The molecular formula is C38H21N3OS. The fourth-order valence-corrected chi connectivity index (χ4v) is 8.06. The van der Waals surface area contributed by atoms with E-state index in [0.717, 1.165) is 38.8 Å². The fourth-order valence-electron chi connectivity index (χ4n) is 6.80. The molecule has 0 bridgehead atoms. The minimum atomic E-state index is 0.637. The van der Waals surface area contributed by atoms with E-state index in [4.69, 9.17) is 14.4 Å². The van der Waals surface area contributed by atoms with E-state index in [1.54, 1.807) is 0 Å². The van der Waals surface area contributed by atoms with Crippen LogP contribution in [0.25, 0.3) is 92.0 Å². The van der Waals surface area contributed by atoms with Crippen LogP contribution in [0.5, 0.6) is 0 Å². The second-order valence-corrected chi connectivity index (χ2v) is 12.0. The Bertz CT molecular complexity index is 2730. The molecule has 4 heterocycles. The average Bonchev–Trinajstić information content (AvgIpc) is 3.75. The molecule has 43 heavy (non-hydrogen) atoms. The van der Waals surface area contributed by atoms with Gasteiger partial charge in [0.2, 0.25) is 5.95 Å². The SMILES string of the molecule is c1ccc(-c2nc(-n3c4ccccc4c4c5ccccc5c5c6ccccc6sc5c43)nc3c2oc2ccccc23)cc1. The number of para-hydroxylation sites is 2. The molecule has 0 atom stereocenters. The van der Waals surface area contributed by atoms with Gasteiger partial charge in [-0.3, -0.25) is 4.57 Å². The van der Waals surface area contributed by atoms with Gasteiger partial charge in [0.05, 0.1) is 15.7 Å². The molecule has 10 aromatic rings. The van der Waals surface area contributed by atoms with Gasteiger partial charge >= 0.3 is 0 Å². The number of fused-ring (bicyclic) bond motifs is 13. The lowest BCUT2D eigenvalue weighted by Gasteiger charge is -2.11. The van der Waals surface area contributed by atoms with E-state index < -0.39 is 0 Å². The molecule has 4 aromatic heterocycles. The maximum atomic E-state index is 6.42. The van der Waals surface area contributed by atoms with Crippen molar-refractivity contribution in [3.05, 3.63) is 127 Å². The number of hydrogen-bond acceptors (Lipinski definition) is 4. The third kappa shape index (κ3) is 3.09. The number of benzene rings is 6. The maximum Gasteiger partial charge on any atom is 0.236 e. The molecule has 0 N–H and O–H groups in total. The van der Waals surface area contributed by atoms with Crippen molar-refractivity contribution >= 4 is 86.2 Å². The highest BCUT2D eigenvalue weighted by molar-refractivity contribution is 7.27. The molecule has 0 amide bonds. The van der Waals surface area contributed by atoms with E-state index in [2.05, 4.69) is 95.6 Å². The van der Waals surface area contributed by atoms with Crippen LogP contribution in [0.1, 0.15) is 0 Å². The summed E-state index contributed by atoms with van der Waals surface area (Å²) in [5, 5.41) is 8.47. The Kier molecular flexibility index (Phi) is 4.57. The van der Waals surface area contributed by atoms with Crippen molar-refractivity contribution < 1.29 is 4.42 Å². The number of nitrogens with zero attached hydrogens (tertiary/aromatic N) is 3. The molecule has 6 aromatic carbocycles. The van der Waals surface area contributed by atoms with E-state index >= 15 is 0 Å². The highest BCUT2D eigenvalue weighted by Crippen LogP contribution is 2.47. The van der Waals surface area contributed by atoms with Crippen molar-refractivity contribution in [1.29, 1.82) is 0 Å². The predicted molar refractivity (Wildman–Crippen MR) is 179 cm³/mol. The Labute approximate surface area is 249 Å². The topological polar surface area (TPSA) is 43.9 Å². The first-order valence-corrected chi connectivity index (χ1v) is 15.2. The average molecular weight is 568 g/mol. The third-order valence-electron chi connectivity index (χ3n) is 8.61. The van der Waals surface area contributed by atoms with Crippen LogP contribution in [-0.4, -0.2) is 14.5 Å². The lowest BCUT2D eigenvalue weighted by molar-refractivity contribution is 0.666. The van der Waals surface area contributed by atoms with Crippen LogP contribution in [0.15, 0.2) is 132 Å². The Morgan fingerprint density at radius 2 is 1.21 bits per heavy atom. The summed E-state index contributed by atoms with van der Waals surface area (Å²) in [5.74, 6) is 0.637. The van der Waals surface area contributed by atoms with E-state index in [9.17, 15) is 0 Å². The summed E-state index contributed by atoms with van der Waals surface area (Å²) in [6.07, 6.45) is 0. The Morgan fingerprint density at radius 3 is 2.05 bits per heavy atom. The zero-order valence-electron chi connectivity index (χ0n) is 22.8. The first-order chi connectivity index (χ1) is 21.3. The normalized spacial score (nSPS) is 12.2. The Balaban J connectivity index is 1.46. The molecule has 0 aliphatic rings. The van der Waals surface area contributed by atoms with E-state index in [1.165, 1.54) is 41.7 Å². The minimum Gasteiger partial charge on any atom is -0.452 e. The lowest BCUT2D eigenvalue weighted by atomic mass is 9.99. The molecule has 5 heteroatoms. The molecule has 200 valence electrons. The monoisotopic (exact) mass is 567 g/mol. The number of aromatic nitrogens is 3. The molecule has 0 saturated carbocycles. The van der Waals surface area contributed by atoms with Crippen molar-refractivity contribution in [1.82, 2.24) is 14.5 Å². The van der Waals surface area contributed by atoms with Crippen LogP contribution in [0.4, 0.5) is 0 Å². The van der Waals surface area contributed by atoms with Gasteiger partial charge in [0.1, 0.15) is 16.8 Å². The summed E-state index contributed by atoms with van der Waals surface area (Å²) in [6.45, 7) is 0. The van der Waals surface area contributed by atoms with Gasteiger partial charge in [0.15, 0.2) is 5.58 Å². The predicted octanol–water partition coefficient (Wildman–Crippen LogP) is 10.7. The third-order valence-corrected chi connectivity index (χ3v) is 9.78. The van der Waals surface area contributed by atoms with Crippen LogP contribution in [0, 0.1) is 0 Å². The zero-order chi connectivity index (χ0) is 28.1. The molecule has 0 aliphatic heterocycles. The largest absolute Gasteiger partial charge is 0.452 e. The van der Waals surface area contributed by atoms with Crippen molar-refractivity contribution in [2.75, 3.05) is 0 Å². The highest BCUT2D eigenvalue weighted by Gasteiger charge is 2.24. The summed E-state index contributed by atoms with van der Waals surface area (Å²) >= 11 is 1.84. The van der Waals surface area contributed by atoms with Gasteiger partial charge in [-0.2, -0.15) is 0 Å². The van der Waals surface area contributed by atoms with Crippen LogP contribution < -0.4 is 0 Å². The first-order valence-electron chi connectivity index (χ1n) is 14.4. The first kappa shape index (κ1) is 23.1. The highest BCUT2D eigenvalue weighted by atomic mass is 32.1. The number of rotatable bonds is 2. The van der Waals surface area contributed by atoms with Crippen LogP contribution in [-0.2, 0) is 0 Å². The van der Waals surface area contributed by atoms with Crippen molar-refractivity contribution in [3.8, 4) is 17.2 Å². The molecule has 0 radical (unpaired) electrons. The van der Waals surface area contributed by atoms with Crippen molar-refractivity contribution in [2.24, 2.45) is 0 Å². The van der Waals surface area contributed by atoms with Gasteiger partial charge in [-0.1, -0.05) is 103 Å². The van der Waals surface area contributed by atoms with Gasteiger partial charge in [0.25, 0.3) is 0 Å². The van der Waals surface area contributed by atoms with Crippen LogP contribution in [0.2, 0.25) is 0 Å². The number of furan rings is 1. The summed E-state index contributed by atoms with van der Waals surface area (Å²) in [5.41, 5.74) is 6.33. The van der Waals surface area contributed by atoms with Crippen molar-refractivity contribution in [2.45, 2.75) is 0 Å². The Morgan fingerprint density at radius 1 is 0.558 bits per heavy atom. The second-order valence-electron chi connectivity index (χ2n) is 10.9. The van der Waals surface area contributed by atoms with E-state index in [-0.39, 0.29) is 0 Å². The lowest BCUT2D eigenvalue weighted by Crippen LogP contribution is -2.03. The van der Waals surface area contributed by atoms with Gasteiger partial charge in [0, 0.05) is 37.2 Å². The summed E-state index contributed by atoms with van der Waals surface area (Å²) in [7, 11) is 0. The number of hydrogen-bond donors (Lipinski definition) is 0. The van der Waals surface area contributed by atoms with Gasteiger partial charge in [-0.05, 0) is 35.0 Å². The van der Waals surface area contributed by atoms with Crippen molar-refractivity contribution in [3.63, 3.8) is 0 Å². The van der Waals surface area contributed by atoms with Gasteiger partial charge in [-0.15, -0.1) is 11.3 Å². The standard InChI is InChI=1S/C38H21N3OS/c1-2-12-22(13-3-1)33-36-34(26-17-7-10-20-29(26)42-36)40-38(39-33)41-28-19-9-6-16-25(28)31-23-14-4-5-15-24(23)32-27-18-8-11-21-30(27)43-37(32)35(31)41/h1-21H. The van der Waals surface area contributed by atoms with Crippen LogP contribution in [0.3, 0.4) is 0 Å². The van der Waals surface area contributed by atoms with Crippen LogP contribution >= 0.6 is 11.3 Å². The molecule has 4 nitrogen and oxygen atoms in total. The Hall–Kier alpha value is -5.52. The summed E-state index contributed by atoms with van der Waals surface area (Å²) in [6, 6.07) is 44.6. The second kappa shape index (κ2) is 8.51. The molecule has 10 rings (SSSR count). The smallest absolute Gasteiger partial charge is 0.236 e. The molecular weight excluding hydrogens is 547 g/mol. The molecule has 0 fully saturated rings. The molecule has 0 aliphatic carbocycles. The number of thiophene rings is 1. The maximum absolute atomic E-state index is 6.42. The van der Waals surface area contributed by atoms with Gasteiger partial charge < -0.3 is 4.42 Å². The quantitative estimate of drug-likeness (QED) is 0.209. The molecule has 0 spiro atoms. The zero-order valence-corrected chi connectivity index (χ0v) is 23.6. The van der Waals surface area contributed by atoms with E-state index in [0.29, 0.717) is 11.5 Å². The summed E-state index contributed by atoms with van der Waals surface area (Å²) in [4.78, 5) is 10.6. The molecule has 0 saturated heterocycles. The minimum absolute atomic E-state index is 0.637. The summed E-state index contributed by atoms with van der Waals surface area (Å²) < 4.78 is 11.2. The van der Waals surface area contributed by atoms with Gasteiger partial charge in [-0.25, -0.2) is 9.97 Å². The fraction of sp³-hybridized carbons (Fsp3) is 0. The molecule has 0 unspecified atom stereocenters. The van der Waals surface area contributed by atoms with E-state index in [1.807, 2.05) is 47.7 Å².